The van der Waals surface area contributed by atoms with E-state index in [0.717, 1.165) is 16.5 Å². The van der Waals surface area contributed by atoms with Gasteiger partial charge in [0.15, 0.2) is 17.7 Å². The molecule has 0 bridgehead atoms. The van der Waals surface area contributed by atoms with Crippen molar-refractivity contribution in [1.82, 2.24) is 15.2 Å². The van der Waals surface area contributed by atoms with E-state index < -0.39 is 101 Å². The first kappa shape index (κ1) is 48.7. The third-order valence-corrected chi connectivity index (χ3v) is 13.6. The molecule has 6 rings (SSSR count). The maximum atomic E-state index is 14.7. The van der Waals surface area contributed by atoms with E-state index in [1.54, 1.807) is 72.7 Å². The molecule has 15 heteroatoms. The molecule has 1 amide bonds. The Labute approximate surface area is 374 Å². The number of amides is 1. The molecule has 3 aromatic rings. The molecule has 3 aliphatic heterocycles. The van der Waals surface area contributed by atoms with Crippen LogP contribution in [0.4, 0.5) is 9.18 Å². The second-order valence-electron chi connectivity index (χ2n) is 18.5. The van der Waals surface area contributed by atoms with Gasteiger partial charge in [0.2, 0.25) is 0 Å². The smallest absolute Gasteiger partial charge is 0.408 e. The number of pyridine rings is 1. The van der Waals surface area contributed by atoms with Crippen molar-refractivity contribution in [3.63, 3.8) is 0 Å². The number of ketones is 2. The molecular weight excluding hydrogens is 826 g/mol. The lowest BCUT2D eigenvalue weighted by molar-refractivity contribution is -0.297. The minimum Gasteiger partial charge on any atom is -0.507 e. The van der Waals surface area contributed by atoms with Crippen LogP contribution in [-0.4, -0.2) is 111 Å². The molecule has 3 aliphatic rings. The SMILES string of the molecule is CC[C@@H]1OC(=O)[C@H](C)C(=O)[C@H](C)[C@@H](OC2O[C@H](C)C[C@H](N(C)Cc3cc(F)cc(C)c3O)[C@H]2O)[C@@](C)(OC/C=C/c2cnc3ccccc3c2)C[C@@H](C)C(=O)[C@@H](C)[C@H]2NC(=O)O[C@]12C. The van der Waals surface area contributed by atoms with Crippen molar-refractivity contribution in [2.45, 2.75) is 142 Å². The van der Waals surface area contributed by atoms with E-state index in [-0.39, 0.29) is 37.5 Å². The van der Waals surface area contributed by atoms with Crippen LogP contribution in [0.5, 0.6) is 5.75 Å². The van der Waals surface area contributed by atoms with Crippen LogP contribution >= 0.6 is 0 Å². The number of aliphatic hydroxyl groups is 1. The number of hydrogen-bond acceptors (Lipinski definition) is 13. The molecule has 2 aromatic carbocycles. The molecule has 1 unspecified atom stereocenters. The number of nitrogens with one attached hydrogen (secondary N) is 1. The Morgan fingerprint density at radius 3 is 2.47 bits per heavy atom. The zero-order valence-electron chi connectivity index (χ0n) is 38.5. The number of para-hydroxylation sites is 1. The number of rotatable bonds is 10. The molecule has 13 atom stereocenters. The third kappa shape index (κ3) is 10.2. The lowest BCUT2D eigenvalue weighted by atomic mass is 9.73. The van der Waals surface area contributed by atoms with Crippen molar-refractivity contribution in [2.75, 3.05) is 13.7 Å². The number of benzene rings is 2. The fourth-order valence-electron chi connectivity index (χ4n) is 9.96. The number of phenolic OH excluding ortho intramolecular Hbond substituents is 1. The minimum absolute atomic E-state index is 0.00663. The first-order valence-corrected chi connectivity index (χ1v) is 22.3. The van der Waals surface area contributed by atoms with E-state index in [1.165, 1.54) is 19.1 Å². The van der Waals surface area contributed by atoms with Crippen molar-refractivity contribution < 1.29 is 57.5 Å². The van der Waals surface area contributed by atoms with E-state index in [9.17, 15) is 33.8 Å². The van der Waals surface area contributed by atoms with E-state index in [1.807, 2.05) is 43.3 Å². The summed E-state index contributed by atoms with van der Waals surface area (Å²) in [6.07, 6.45) is -0.139. The molecular formula is C49H64FN3O11. The summed E-state index contributed by atoms with van der Waals surface area (Å²) in [6, 6.07) is 10.7. The second-order valence-corrected chi connectivity index (χ2v) is 18.5. The normalized spacial score (nSPS) is 34.4. The van der Waals surface area contributed by atoms with Crippen LogP contribution in [0.3, 0.4) is 0 Å². The van der Waals surface area contributed by atoms with Gasteiger partial charge in [-0.25, -0.2) is 9.18 Å². The number of aromatic nitrogens is 1. The number of aryl methyl sites for hydroxylation is 1. The maximum Gasteiger partial charge on any atom is 0.408 e. The number of likely N-dealkylation sites (N-methyl/N-ethyl adjacent to an activating group) is 1. The van der Waals surface area contributed by atoms with Crippen LogP contribution in [0, 0.1) is 36.4 Å². The molecule has 0 radical (unpaired) electrons. The van der Waals surface area contributed by atoms with Crippen LogP contribution in [0.25, 0.3) is 17.0 Å². The summed E-state index contributed by atoms with van der Waals surface area (Å²) in [5.74, 6) is -6.16. The Morgan fingerprint density at radius 1 is 1.03 bits per heavy atom. The van der Waals surface area contributed by atoms with Gasteiger partial charge in [0.1, 0.15) is 35.5 Å². The molecule has 0 saturated carbocycles. The molecule has 14 nitrogen and oxygen atoms in total. The monoisotopic (exact) mass is 889 g/mol. The molecule has 64 heavy (non-hydrogen) atoms. The number of phenols is 1. The number of ether oxygens (including phenoxy) is 5. The van der Waals surface area contributed by atoms with Crippen LogP contribution < -0.4 is 5.32 Å². The van der Waals surface area contributed by atoms with Crippen LogP contribution in [0.2, 0.25) is 0 Å². The molecule has 4 heterocycles. The third-order valence-electron chi connectivity index (χ3n) is 13.6. The zero-order valence-corrected chi connectivity index (χ0v) is 38.5. The highest BCUT2D eigenvalue weighted by atomic mass is 19.1. The fraction of sp³-hybridized carbons (Fsp3) is 0.571. The van der Waals surface area contributed by atoms with Gasteiger partial charge in [0.25, 0.3) is 0 Å². The predicted octanol–water partition coefficient (Wildman–Crippen LogP) is 6.83. The van der Waals surface area contributed by atoms with Gasteiger partial charge >= 0.3 is 12.1 Å². The molecule has 3 saturated heterocycles. The largest absolute Gasteiger partial charge is 0.507 e. The minimum atomic E-state index is -1.47. The summed E-state index contributed by atoms with van der Waals surface area (Å²) in [5, 5.41) is 26.6. The van der Waals surface area contributed by atoms with Gasteiger partial charge in [0.05, 0.1) is 36.0 Å². The summed E-state index contributed by atoms with van der Waals surface area (Å²) in [6.45, 7) is 15.2. The Hall–Kier alpha value is -4.80. The second kappa shape index (κ2) is 19.7. The van der Waals surface area contributed by atoms with Crippen molar-refractivity contribution in [1.29, 1.82) is 0 Å². The van der Waals surface area contributed by atoms with Crippen LogP contribution in [0.15, 0.2) is 54.7 Å². The topological polar surface area (TPSA) is 183 Å². The van der Waals surface area contributed by atoms with Gasteiger partial charge in [-0.05, 0) is 96.3 Å². The summed E-state index contributed by atoms with van der Waals surface area (Å²) in [4.78, 5) is 62.4. The van der Waals surface area contributed by atoms with Crippen molar-refractivity contribution in [3.05, 3.63) is 77.2 Å². The van der Waals surface area contributed by atoms with E-state index in [2.05, 4.69) is 10.3 Å². The predicted molar refractivity (Wildman–Crippen MR) is 236 cm³/mol. The highest BCUT2D eigenvalue weighted by molar-refractivity contribution is 6.00. The van der Waals surface area contributed by atoms with Gasteiger partial charge in [-0.15, -0.1) is 0 Å². The number of halogens is 1. The Morgan fingerprint density at radius 2 is 1.75 bits per heavy atom. The van der Waals surface area contributed by atoms with Gasteiger partial charge < -0.3 is 39.2 Å². The number of carbonyl (C=O) groups is 4. The summed E-state index contributed by atoms with van der Waals surface area (Å²) >= 11 is 0. The van der Waals surface area contributed by atoms with Crippen LogP contribution in [-0.2, 0) is 44.6 Å². The van der Waals surface area contributed by atoms with E-state index >= 15 is 0 Å². The summed E-state index contributed by atoms with van der Waals surface area (Å²) < 4.78 is 46.2. The first-order valence-electron chi connectivity index (χ1n) is 22.3. The van der Waals surface area contributed by atoms with Crippen LogP contribution in [0.1, 0.15) is 91.3 Å². The Bertz CT molecular complexity index is 2240. The average Bonchev–Trinajstić information content (AvgIpc) is 3.57. The number of nitrogens with zero attached hydrogens (tertiary/aromatic N) is 2. The molecule has 1 aromatic heterocycles. The zero-order chi connectivity index (χ0) is 46.8. The van der Waals surface area contributed by atoms with Gasteiger partial charge in [-0.2, -0.15) is 0 Å². The first-order chi connectivity index (χ1) is 30.2. The number of carbonyl (C=O) groups excluding carboxylic acids is 4. The number of Topliss-reactive ketones (excluding diaryl/α,β-unsaturated/α-hetero) is 2. The fourth-order valence-corrected chi connectivity index (χ4v) is 9.96. The van der Waals surface area contributed by atoms with Crippen molar-refractivity contribution in [3.8, 4) is 5.75 Å². The van der Waals surface area contributed by atoms with Crippen molar-refractivity contribution in [2.24, 2.45) is 23.7 Å². The van der Waals surface area contributed by atoms with Crippen molar-refractivity contribution >= 4 is 40.6 Å². The molecule has 0 aliphatic carbocycles. The molecule has 0 spiro atoms. The average molecular weight is 890 g/mol. The highest BCUT2D eigenvalue weighted by Crippen LogP contribution is 2.41. The standard InChI is InChI=1S/C49H64FN3O11/c1-11-38-49(9)43(52-47(59)64-49)29(5)39(54)27(3)23-48(8,60-18-14-15-32-21-33-16-12-13-17-36(33)51-24-32)44(30(6)41(56)31(7)45(58)62-38)63-46-42(57)37(20-28(4)61-46)53(10)25-34-22-35(50)19-26(2)40(34)55/h12-17,19,21-22,24,27-31,37-38,42-44,46,55,57H,11,18,20,23,25H2,1-10H3,(H,52,59)/b15-14+/t27-,28-,29-,30+,31-,37+,38+,42-,43-,44-,46?,48+,49-/m1/s1. The summed E-state index contributed by atoms with van der Waals surface area (Å²) in [5.41, 5.74) is -0.515. The number of cyclic esters (lactones) is 1. The lowest BCUT2D eigenvalue weighted by Gasteiger charge is -2.47. The molecule has 348 valence electrons. The molecule has 3 N–H and O–H groups in total. The number of esters is 1. The van der Waals surface area contributed by atoms with Gasteiger partial charge in [-0.1, -0.05) is 58.0 Å². The van der Waals surface area contributed by atoms with Gasteiger partial charge in [-0.3, -0.25) is 24.3 Å². The quantitative estimate of drug-likeness (QED) is 0.142. The lowest BCUT2D eigenvalue weighted by Crippen LogP contribution is -2.60. The highest BCUT2D eigenvalue weighted by Gasteiger charge is 2.57. The van der Waals surface area contributed by atoms with E-state index in [4.69, 9.17) is 23.7 Å². The van der Waals surface area contributed by atoms with E-state index in [0.29, 0.717) is 17.5 Å². The maximum absolute atomic E-state index is 14.7. The summed E-state index contributed by atoms with van der Waals surface area (Å²) in [7, 11) is 1.75. The Kier molecular flexibility index (Phi) is 15.0. The number of aliphatic hydroxyl groups excluding tert-OH is 1. The number of fused-ring (bicyclic) bond motifs is 2. The number of alkyl carbamates (subject to hydrolysis) is 1. The molecule has 3 fully saturated rings. The number of aromatic hydroxyl groups is 1. The number of hydrogen-bond donors (Lipinski definition) is 3. The van der Waals surface area contributed by atoms with Gasteiger partial charge in [0, 0.05) is 47.5 Å². The Balaban J connectivity index is 1.38.